The van der Waals surface area contributed by atoms with Crippen molar-refractivity contribution in [3.63, 3.8) is 0 Å². The molecule has 3 aromatic carbocycles. The van der Waals surface area contributed by atoms with Crippen LogP contribution in [0.5, 0.6) is 17.2 Å². The Morgan fingerprint density at radius 2 is 1.53 bits per heavy atom. The van der Waals surface area contributed by atoms with E-state index in [1.54, 1.807) is 30.3 Å². The van der Waals surface area contributed by atoms with E-state index in [1.807, 2.05) is 30.3 Å². The second-order valence-electron chi connectivity index (χ2n) is 7.14. The van der Waals surface area contributed by atoms with Crippen LogP contribution < -0.4 is 18.9 Å². The summed E-state index contributed by atoms with van der Waals surface area (Å²) >= 11 is 0. The molecule has 9 nitrogen and oxygen atoms in total. The van der Waals surface area contributed by atoms with Crippen molar-refractivity contribution in [3.8, 4) is 40.1 Å². The molecule has 1 aromatic heterocycles. The van der Waals surface area contributed by atoms with Gasteiger partial charge in [-0.05, 0) is 29.8 Å². The Balaban J connectivity index is 1.62. The van der Waals surface area contributed by atoms with Gasteiger partial charge in [-0.1, -0.05) is 47.6 Å². The lowest BCUT2D eigenvalue weighted by Gasteiger charge is -2.15. The van der Waals surface area contributed by atoms with E-state index in [0.29, 0.717) is 34.2 Å². The summed E-state index contributed by atoms with van der Waals surface area (Å²) in [6, 6.07) is 19.1. The van der Waals surface area contributed by atoms with E-state index in [1.165, 1.54) is 27.4 Å². The maximum absolute atomic E-state index is 13.2. The van der Waals surface area contributed by atoms with Crippen LogP contribution in [0.4, 0.5) is 0 Å². The molecule has 0 spiro atoms. The summed E-state index contributed by atoms with van der Waals surface area (Å²) in [7, 11) is 0.554. The molecule has 0 aliphatic carbocycles. The van der Waals surface area contributed by atoms with Crippen LogP contribution in [0, 0.1) is 0 Å². The largest absolute Gasteiger partial charge is 0.493 e. The highest BCUT2D eigenvalue weighted by molar-refractivity contribution is 7.89. The van der Waals surface area contributed by atoms with Crippen molar-refractivity contribution in [3.05, 3.63) is 72.3 Å². The molecular weight excluding hydrogens is 458 g/mol. The van der Waals surface area contributed by atoms with E-state index in [4.69, 9.17) is 18.7 Å². The fraction of sp³-hybridized carbons (Fsp3) is 0.167. The number of benzene rings is 3. The first-order valence-electron chi connectivity index (χ1n) is 10.2. The zero-order valence-electron chi connectivity index (χ0n) is 18.8. The monoisotopic (exact) mass is 481 g/mol. The highest BCUT2D eigenvalue weighted by atomic mass is 32.2. The van der Waals surface area contributed by atoms with E-state index in [2.05, 4.69) is 14.9 Å². The molecule has 10 heteroatoms. The third-order valence-electron chi connectivity index (χ3n) is 5.06. The van der Waals surface area contributed by atoms with Gasteiger partial charge in [0, 0.05) is 12.1 Å². The summed E-state index contributed by atoms with van der Waals surface area (Å²) in [5.41, 5.74) is 1.69. The van der Waals surface area contributed by atoms with Gasteiger partial charge < -0.3 is 18.7 Å². The number of ether oxygens (including phenoxy) is 3. The fourth-order valence-electron chi connectivity index (χ4n) is 3.41. The number of rotatable bonds is 9. The predicted octanol–water partition coefficient (Wildman–Crippen LogP) is 3.91. The maximum atomic E-state index is 13.2. The molecule has 0 atom stereocenters. The maximum Gasteiger partial charge on any atom is 0.259 e. The quantitative estimate of drug-likeness (QED) is 0.383. The van der Waals surface area contributed by atoms with Gasteiger partial charge in [-0.3, -0.25) is 0 Å². The summed E-state index contributed by atoms with van der Waals surface area (Å²) in [6.45, 7) is -0.00746. The van der Waals surface area contributed by atoms with Crippen molar-refractivity contribution >= 4 is 10.0 Å². The molecule has 0 aliphatic rings. The molecule has 1 heterocycles. The van der Waals surface area contributed by atoms with Gasteiger partial charge in [0.1, 0.15) is 0 Å². The SMILES string of the molecule is COc1cc(CNS(=O)(=O)c2ccccc2-c2nc(-c3ccccc3)no2)cc(OC)c1OC. The Kier molecular flexibility index (Phi) is 6.80. The lowest BCUT2D eigenvalue weighted by molar-refractivity contribution is 0.323. The number of aromatic nitrogens is 2. The molecule has 4 aromatic rings. The molecule has 34 heavy (non-hydrogen) atoms. The molecule has 0 saturated carbocycles. The van der Waals surface area contributed by atoms with Crippen LogP contribution in [0.15, 0.2) is 76.1 Å². The molecular formula is C24H23N3O6S. The Hall–Kier alpha value is -3.89. The average Bonchev–Trinajstić information content (AvgIpc) is 3.37. The molecule has 0 aliphatic heterocycles. The molecule has 0 amide bonds. The first-order chi connectivity index (χ1) is 16.5. The minimum absolute atomic E-state index is 0.00746. The number of hydrogen-bond donors (Lipinski definition) is 1. The third kappa shape index (κ3) is 4.73. The zero-order chi connectivity index (χ0) is 24.1. The van der Waals surface area contributed by atoms with Crippen LogP contribution >= 0.6 is 0 Å². The Morgan fingerprint density at radius 3 is 2.18 bits per heavy atom. The molecule has 0 saturated heterocycles. The van der Waals surface area contributed by atoms with Gasteiger partial charge in [0.15, 0.2) is 11.5 Å². The van der Waals surface area contributed by atoms with Crippen LogP contribution in [0.25, 0.3) is 22.8 Å². The first-order valence-corrected chi connectivity index (χ1v) is 11.7. The second kappa shape index (κ2) is 9.94. The minimum Gasteiger partial charge on any atom is -0.493 e. The number of nitrogens with one attached hydrogen (secondary N) is 1. The van der Waals surface area contributed by atoms with E-state index in [0.717, 1.165) is 5.56 Å². The van der Waals surface area contributed by atoms with Crippen molar-refractivity contribution < 1.29 is 27.2 Å². The van der Waals surface area contributed by atoms with E-state index < -0.39 is 10.0 Å². The standard InChI is InChI=1S/C24H23N3O6S/c1-30-19-13-16(14-20(31-2)22(19)32-3)15-25-34(28,29)21-12-8-7-11-18(21)24-26-23(27-33-24)17-9-5-4-6-10-17/h4-14,25H,15H2,1-3H3. The van der Waals surface area contributed by atoms with Gasteiger partial charge in [-0.2, -0.15) is 4.98 Å². The van der Waals surface area contributed by atoms with Gasteiger partial charge in [-0.15, -0.1) is 0 Å². The topological polar surface area (TPSA) is 113 Å². The molecule has 0 fully saturated rings. The zero-order valence-corrected chi connectivity index (χ0v) is 19.6. The normalized spacial score (nSPS) is 11.3. The Morgan fingerprint density at radius 1 is 0.882 bits per heavy atom. The predicted molar refractivity (Wildman–Crippen MR) is 125 cm³/mol. The number of hydrogen-bond acceptors (Lipinski definition) is 8. The molecule has 1 N–H and O–H groups in total. The summed E-state index contributed by atoms with van der Waals surface area (Å²) in [5, 5.41) is 3.99. The number of nitrogens with zero attached hydrogens (tertiary/aromatic N) is 2. The fourth-order valence-corrected chi connectivity index (χ4v) is 4.62. The highest BCUT2D eigenvalue weighted by Gasteiger charge is 2.23. The van der Waals surface area contributed by atoms with Crippen molar-refractivity contribution in [2.75, 3.05) is 21.3 Å². The van der Waals surface area contributed by atoms with Crippen LogP contribution in [0.2, 0.25) is 0 Å². The van der Waals surface area contributed by atoms with Gasteiger partial charge in [-0.25, -0.2) is 13.1 Å². The van der Waals surface area contributed by atoms with Gasteiger partial charge >= 0.3 is 0 Å². The highest BCUT2D eigenvalue weighted by Crippen LogP contribution is 2.38. The second-order valence-corrected chi connectivity index (χ2v) is 8.88. The number of methoxy groups -OCH3 is 3. The molecule has 0 unspecified atom stereocenters. The van der Waals surface area contributed by atoms with Crippen LogP contribution in [-0.4, -0.2) is 39.9 Å². The van der Waals surface area contributed by atoms with Crippen LogP contribution in [0.1, 0.15) is 5.56 Å². The van der Waals surface area contributed by atoms with Crippen LogP contribution in [-0.2, 0) is 16.6 Å². The molecule has 176 valence electrons. The Labute approximate surface area is 197 Å². The van der Waals surface area contributed by atoms with Gasteiger partial charge in [0.05, 0.1) is 31.8 Å². The van der Waals surface area contributed by atoms with Crippen molar-refractivity contribution in [2.45, 2.75) is 11.4 Å². The Bertz CT molecular complexity index is 1360. The smallest absolute Gasteiger partial charge is 0.259 e. The van der Waals surface area contributed by atoms with E-state index in [9.17, 15) is 8.42 Å². The van der Waals surface area contributed by atoms with Crippen molar-refractivity contribution in [2.24, 2.45) is 0 Å². The first kappa shape index (κ1) is 23.3. The minimum atomic E-state index is -3.94. The molecule has 0 bridgehead atoms. The summed E-state index contributed by atoms with van der Waals surface area (Å²) in [5.74, 6) is 1.75. The number of sulfonamides is 1. The van der Waals surface area contributed by atoms with Crippen LogP contribution in [0.3, 0.4) is 0 Å². The molecule has 0 radical (unpaired) electrons. The van der Waals surface area contributed by atoms with Gasteiger partial charge in [0.25, 0.3) is 5.89 Å². The lowest BCUT2D eigenvalue weighted by atomic mass is 10.2. The van der Waals surface area contributed by atoms with E-state index in [-0.39, 0.29) is 17.3 Å². The summed E-state index contributed by atoms with van der Waals surface area (Å²) in [6.07, 6.45) is 0. The average molecular weight is 482 g/mol. The summed E-state index contributed by atoms with van der Waals surface area (Å²) < 4.78 is 50.4. The van der Waals surface area contributed by atoms with Crippen molar-refractivity contribution in [1.82, 2.24) is 14.9 Å². The molecule has 4 rings (SSSR count). The summed E-state index contributed by atoms with van der Waals surface area (Å²) in [4.78, 5) is 4.41. The van der Waals surface area contributed by atoms with E-state index >= 15 is 0 Å². The van der Waals surface area contributed by atoms with Crippen molar-refractivity contribution in [1.29, 1.82) is 0 Å². The van der Waals surface area contributed by atoms with Gasteiger partial charge in [0.2, 0.25) is 21.6 Å². The lowest BCUT2D eigenvalue weighted by Crippen LogP contribution is -2.24. The third-order valence-corrected chi connectivity index (χ3v) is 6.52.